The van der Waals surface area contributed by atoms with E-state index in [9.17, 15) is 13.2 Å². The molecule has 2 N–H and O–H groups in total. The van der Waals surface area contributed by atoms with Crippen LogP contribution in [-0.4, -0.2) is 61.8 Å². The Bertz CT molecular complexity index is 961. The van der Waals surface area contributed by atoms with Crippen LogP contribution in [0.15, 0.2) is 52.0 Å². The van der Waals surface area contributed by atoms with Gasteiger partial charge >= 0.3 is 0 Å². The van der Waals surface area contributed by atoms with Crippen LogP contribution in [0.2, 0.25) is 0 Å². The molecule has 1 aliphatic rings. The second-order valence-electron chi connectivity index (χ2n) is 7.25. The van der Waals surface area contributed by atoms with Crippen molar-refractivity contribution in [2.24, 2.45) is 5.14 Å². The molecular weight excluding hydrogens is 456 g/mol. The van der Waals surface area contributed by atoms with E-state index in [0.717, 1.165) is 44.6 Å². The average molecular weight is 481 g/mol. The van der Waals surface area contributed by atoms with Gasteiger partial charge in [0.1, 0.15) is 0 Å². The molecule has 156 valence electrons. The van der Waals surface area contributed by atoms with Gasteiger partial charge in [-0.05, 0) is 59.1 Å². The van der Waals surface area contributed by atoms with E-state index in [1.807, 2.05) is 24.4 Å². The Morgan fingerprint density at radius 2 is 2.00 bits per heavy atom. The SMILES string of the molecule is CN(C(=O)c1cc(S(N)(=O)=O)ccc1Br)C1CCN(CCc2ccccn2)CC1. The number of amides is 1. The van der Waals surface area contributed by atoms with E-state index in [0.29, 0.717) is 10.0 Å². The molecule has 1 aromatic carbocycles. The Morgan fingerprint density at radius 3 is 2.62 bits per heavy atom. The molecule has 29 heavy (non-hydrogen) atoms. The van der Waals surface area contributed by atoms with Gasteiger partial charge in [-0.1, -0.05) is 6.07 Å². The van der Waals surface area contributed by atoms with Gasteiger partial charge < -0.3 is 9.80 Å². The Hall–Kier alpha value is -1.81. The second-order valence-corrected chi connectivity index (χ2v) is 9.66. The molecule has 9 heteroatoms. The van der Waals surface area contributed by atoms with Crippen LogP contribution in [0, 0.1) is 0 Å². The highest BCUT2D eigenvalue weighted by molar-refractivity contribution is 9.10. The first-order valence-electron chi connectivity index (χ1n) is 9.47. The lowest BCUT2D eigenvalue weighted by Gasteiger charge is -2.37. The number of hydrogen-bond acceptors (Lipinski definition) is 5. The molecule has 1 fully saturated rings. The van der Waals surface area contributed by atoms with Crippen LogP contribution in [0.5, 0.6) is 0 Å². The molecule has 0 spiro atoms. The monoisotopic (exact) mass is 480 g/mol. The zero-order chi connectivity index (χ0) is 21.0. The first kappa shape index (κ1) is 21.9. The van der Waals surface area contributed by atoms with E-state index < -0.39 is 10.0 Å². The maximum absolute atomic E-state index is 13.0. The summed E-state index contributed by atoms with van der Waals surface area (Å²) in [7, 11) is -2.10. The highest BCUT2D eigenvalue weighted by Gasteiger charge is 2.27. The van der Waals surface area contributed by atoms with Crippen LogP contribution in [0.25, 0.3) is 0 Å². The number of carbonyl (C=O) groups excluding carboxylic acids is 1. The molecule has 1 saturated heterocycles. The smallest absolute Gasteiger partial charge is 0.255 e. The molecule has 0 atom stereocenters. The number of nitrogens with zero attached hydrogens (tertiary/aromatic N) is 3. The van der Waals surface area contributed by atoms with Crippen molar-refractivity contribution in [3.05, 3.63) is 58.3 Å². The van der Waals surface area contributed by atoms with Crippen LogP contribution < -0.4 is 5.14 Å². The molecular formula is C20H25BrN4O3S. The number of piperidine rings is 1. The Kier molecular flexibility index (Phi) is 7.05. The van der Waals surface area contributed by atoms with Gasteiger partial charge in [-0.3, -0.25) is 9.78 Å². The van der Waals surface area contributed by atoms with E-state index in [1.54, 1.807) is 18.0 Å². The van der Waals surface area contributed by atoms with Gasteiger partial charge in [0.25, 0.3) is 5.91 Å². The third kappa shape index (κ3) is 5.63. The fourth-order valence-corrected chi connectivity index (χ4v) is 4.51. The zero-order valence-electron chi connectivity index (χ0n) is 16.3. The van der Waals surface area contributed by atoms with Crippen LogP contribution >= 0.6 is 15.9 Å². The number of primary sulfonamides is 1. The van der Waals surface area contributed by atoms with E-state index in [4.69, 9.17) is 5.14 Å². The number of aromatic nitrogens is 1. The standard InChI is InChI=1S/C20H25BrN4O3S/c1-24(20(26)18-14-17(29(22,27)28)5-6-19(18)21)16-8-12-25(13-9-16)11-7-15-4-2-3-10-23-15/h2-6,10,14,16H,7-9,11-13H2,1H3,(H2,22,27,28). The van der Waals surface area contributed by atoms with Crippen molar-refractivity contribution in [3.8, 4) is 0 Å². The molecule has 7 nitrogen and oxygen atoms in total. The predicted molar refractivity (Wildman–Crippen MR) is 115 cm³/mol. The molecule has 0 aliphatic carbocycles. The molecule has 0 radical (unpaired) electrons. The first-order chi connectivity index (χ1) is 13.8. The summed E-state index contributed by atoms with van der Waals surface area (Å²) in [5.41, 5.74) is 1.39. The van der Waals surface area contributed by atoms with E-state index in [-0.39, 0.29) is 16.8 Å². The summed E-state index contributed by atoms with van der Waals surface area (Å²) in [6.07, 6.45) is 4.46. The fraction of sp³-hybridized carbons (Fsp3) is 0.400. The molecule has 1 aromatic heterocycles. The topological polar surface area (TPSA) is 96.6 Å². The third-order valence-electron chi connectivity index (χ3n) is 5.33. The first-order valence-corrected chi connectivity index (χ1v) is 11.8. The summed E-state index contributed by atoms with van der Waals surface area (Å²) >= 11 is 3.35. The molecule has 0 unspecified atom stereocenters. The van der Waals surface area contributed by atoms with Crippen LogP contribution in [0.3, 0.4) is 0 Å². The van der Waals surface area contributed by atoms with Crippen molar-refractivity contribution < 1.29 is 13.2 Å². The summed E-state index contributed by atoms with van der Waals surface area (Å²) in [5, 5.41) is 5.20. The lowest BCUT2D eigenvalue weighted by molar-refractivity contribution is 0.0642. The molecule has 0 saturated carbocycles. The fourth-order valence-electron chi connectivity index (χ4n) is 3.55. The number of benzene rings is 1. The predicted octanol–water partition coefficient (Wildman–Crippen LogP) is 2.27. The maximum Gasteiger partial charge on any atom is 0.255 e. The number of sulfonamides is 1. The normalized spacial score (nSPS) is 16.0. The summed E-state index contributed by atoms with van der Waals surface area (Å²) in [6, 6.07) is 10.3. The summed E-state index contributed by atoms with van der Waals surface area (Å²) in [4.78, 5) is 21.4. The summed E-state index contributed by atoms with van der Waals surface area (Å²) in [6.45, 7) is 2.77. The van der Waals surface area contributed by atoms with Crippen molar-refractivity contribution in [2.75, 3.05) is 26.7 Å². The van der Waals surface area contributed by atoms with Crippen molar-refractivity contribution in [3.63, 3.8) is 0 Å². The van der Waals surface area contributed by atoms with Crippen molar-refractivity contribution in [1.82, 2.24) is 14.8 Å². The van der Waals surface area contributed by atoms with Gasteiger partial charge in [-0.25, -0.2) is 13.6 Å². The van der Waals surface area contributed by atoms with Gasteiger partial charge in [0.15, 0.2) is 0 Å². The highest BCUT2D eigenvalue weighted by atomic mass is 79.9. The number of pyridine rings is 1. The van der Waals surface area contributed by atoms with Gasteiger partial charge in [-0.2, -0.15) is 0 Å². The van der Waals surface area contributed by atoms with E-state index in [2.05, 4.69) is 25.8 Å². The van der Waals surface area contributed by atoms with E-state index in [1.165, 1.54) is 12.1 Å². The van der Waals surface area contributed by atoms with Crippen LogP contribution in [-0.2, 0) is 16.4 Å². The Labute approximate surface area is 180 Å². The van der Waals surface area contributed by atoms with Gasteiger partial charge in [0.05, 0.1) is 10.5 Å². The average Bonchev–Trinajstić information content (AvgIpc) is 2.72. The van der Waals surface area contributed by atoms with Gasteiger partial charge in [0, 0.05) is 55.5 Å². The highest BCUT2D eigenvalue weighted by Crippen LogP contribution is 2.24. The zero-order valence-corrected chi connectivity index (χ0v) is 18.7. The quantitative estimate of drug-likeness (QED) is 0.683. The molecule has 2 aromatic rings. The third-order valence-corrected chi connectivity index (χ3v) is 6.93. The minimum atomic E-state index is -3.87. The number of carbonyl (C=O) groups is 1. The maximum atomic E-state index is 13.0. The van der Waals surface area contributed by atoms with Crippen LogP contribution in [0.4, 0.5) is 0 Å². The lowest BCUT2D eigenvalue weighted by atomic mass is 10.0. The van der Waals surface area contributed by atoms with Crippen molar-refractivity contribution in [2.45, 2.75) is 30.2 Å². The number of hydrogen-bond donors (Lipinski definition) is 1. The van der Waals surface area contributed by atoms with Crippen molar-refractivity contribution >= 4 is 31.9 Å². The minimum Gasteiger partial charge on any atom is -0.339 e. The number of rotatable bonds is 6. The number of likely N-dealkylation sites (tertiary alicyclic amines) is 1. The molecule has 3 rings (SSSR count). The minimum absolute atomic E-state index is 0.0678. The second kappa shape index (κ2) is 9.34. The molecule has 1 aliphatic heterocycles. The number of halogens is 1. The van der Waals surface area contributed by atoms with Gasteiger partial charge in [0.2, 0.25) is 10.0 Å². The van der Waals surface area contributed by atoms with Crippen molar-refractivity contribution in [1.29, 1.82) is 0 Å². The molecule has 0 bridgehead atoms. The molecule has 1 amide bonds. The van der Waals surface area contributed by atoms with Crippen LogP contribution in [0.1, 0.15) is 28.9 Å². The van der Waals surface area contributed by atoms with E-state index >= 15 is 0 Å². The summed E-state index contributed by atoms with van der Waals surface area (Å²) < 4.78 is 23.8. The Morgan fingerprint density at radius 1 is 1.28 bits per heavy atom. The molecule has 2 heterocycles. The van der Waals surface area contributed by atoms with Gasteiger partial charge in [-0.15, -0.1) is 0 Å². The summed E-state index contributed by atoms with van der Waals surface area (Å²) in [5.74, 6) is -0.214. The number of nitrogens with two attached hydrogens (primary N) is 1. The lowest BCUT2D eigenvalue weighted by Crippen LogP contribution is -2.46. The Balaban J connectivity index is 1.59. The largest absolute Gasteiger partial charge is 0.339 e.